The molecule has 0 saturated carbocycles. The largest absolute Gasteiger partial charge is 0.550 e. The first-order valence-electron chi connectivity index (χ1n) is 21.1. The molecule has 0 atom stereocenters. The first-order chi connectivity index (χ1) is 21.9. The van der Waals surface area contributed by atoms with E-state index in [0.29, 0.717) is 0 Å². The third-order valence-corrected chi connectivity index (χ3v) is 11.5. The predicted octanol–water partition coefficient (Wildman–Crippen LogP) is 14.8. The van der Waals surface area contributed by atoms with Gasteiger partial charge in [0.15, 0.2) is 0 Å². The minimum absolute atomic E-state index is 0. The molecule has 0 rings (SSSR count). The topological polar surface area (TPSA) is 76.6 Å². The molecule has 0 aromatic carbocycles. The molecule has 4 N–H and O–H groups in total. The summed E-state index contributed by atoms with van der Waals surface area (Å²) in [5.41, 5.74) is -0.884. The summed E-state index contributed by atoms with van der Waals surface area (Å²) in [6, 6.07) is 0. The molecule has 0 fully saturated rings. The van der Waals surface area contributed by atoms with Crippen LogP contribution >= 0.6 is 0 Å². The van der Waals surface area contributed by atoms with E-state index in [2.05, 4.69) is 20.8 Å². The normalized spacial score (nSPS) is 12.0. The Morgan fingerprint density at radius 2 is 0.587 bits per heavy atom. The fraction of sp³-hybridized carbons (Fsp3) is 0.977. The summed E-state index contributed by atoms with van der Waals surface area (Å²) in [5, 5.41) is 12.3. The third kappa shape index (κ3) is 25.4. The summed E-state index contributed by atoms with van der Waals surface area (Å²) >= 11 is 0. The van der Waals surface area contributed by atoms with Crippen molar-refractivity contribution in [3.8, 4) is 0 Å². The average Bonchev–Trinajstić information content (AvgIpc) is 3.03. The van der Waals surface area contributed by atoms with Gasteiger partial charge < -0.3 is 16.1 Å². The molecule has 0 bridgehead atoms. The lowest BCUT2D eigenvalue weighted by Gasteiger charge is -2.48. The van der Waals surface area contributed by atoms with E-state index in [4.69, 9.17) is 0 Å². The summed E-state index contributed by atoms with van der Waals surface area (Å²) in [6.07, 6.45) is 47.2. The first kappa shape index (κ1) is 47.5. The van der Waals surface area contributed by atoms with Gasteiger partial charge in [0.05, 0.1) is 0 Å². The van der Waals surface area contributed by atoms with Crippen LogP contribution < -0.4 is 11.3 Å². The fourth-order valence-electron chi connectivity index (χ4n) is 7.78. The second kappa shape index (κ2) is 34.3. The van der Waals surface area contributed by atoms with Gasteiger partial charge in [0.1, 0.15) is 0 Å². The van der Waals surface area contributed by atoms with Crippen molar-refractivity contribution in [1.29, 1.82) is 0 Å². The van der Waals surface area contributed by atoms with Crippen LogP contribution in [0.4, 0.5) is 0 Å². The number of aliphatic carboxylic acids is 1. The number of rotatable bonds is 37. The number of unbranched alkanes of at least 4 members (excludes halogenated alkanes) is 30. The smallest absolute Gasteiger partial charge is 0.0476 e. The van der Waals surface area contributed by atoms with Gasteiger partial charge in [-0.05, 0) is 24.7 Å². The quantitative estimate of drug-likeness (QED) is 0.0678. The van der Waals surface area contributed by atoms with E-state index in [0.717, 1.165) is 19.3 Å². The SMILES string of the molecule is CCCCCCCCCCCCCCCCCCC(CC)(CCCCCCCCCCCCCCCCCC)C(C)(C)C(=O)[O-].[NH4+]. The van der Waals surface area contributed by atoms with E-state index in [1.807, 2.05) is 13.8 Å². The zero-order valence-corrected chi connectivity index (χ0v) is 33.1. The van der Waals surface area contributed by atoms with Crippen molar-refractivity contribution >= 4 is 5.97 Å². The highest BCUT2D eigenvalue weighted by atomic mass is 16.4. The first-order valence-corrected chi connectivity index (χ1v) is 21.1. The van der Waals surface area contributed by atoms with Crippen molar-refractivity contribution in [2.45, 2.75) is 259 Å². The van der Waals surface area contributed by atoms with Gasteiger partial charge in [-0.1, -0.05) is 240 Å². The molecule has 0 spiro atoms. The summed E-state index contributed by atoms with van der Waals surface area (Å²) in [6.45, 7) is 10.7. The standard InChI is InChI=1S/C43H86O2.H3N/c1-6-9-11-13-15-17-19-21-23-25-27-29-31-33-35-37-39-43(8-3,42(4,5)41(44)45)40-38-36-34-32-30-28-26-24-22-20-18-16-14-12-10-7-2;/h6-40H2,1-5H3,(H,44,45);1H3. The van der Waals surface area contributed by atoms with Gasteiger partial charge in [-0.25, -0.2) is 0 Å². The van der Waals surface area contributed by atoms with E-state index in [9.17, 15) is 9.90 Å². The van der Waals surface area contributed by atoms with Crippen LogP contribution in [0.25, 0.3) is 0 Å². The van der Waals surface area contributed by atoms with Gasteiger partial charge in [0.25, 0.3) is 0 Å². The summed E-state index contributed by atoms with van der Waals surface area (Å²) in [7, 11) is 0. The van der Waals surface area contributed by atoms with Crippen molar-refractivity contribution < 1.29 is 9.90 Å². The number of hydrogen-bond donors (Lipinski definition) is 1. The number of carboxylic acids is 1. The molecule has 0 aliphatic carbocycles. The maximum absolute atomic E-state index is 12.3. The Morgan fingerprint density at radius 3 is 0.761 bits per heavy atom. The molecule has 0 aliphatic rings. The lowest BCUT2D eigenvalue weighted by Crippen LogP contribution is -2.50. The van der Waals surface area contributed by atoms with Crippen LogP contribution in [0.5, 0.6) is 0 Å². The molecular formula is C43H89NO2. The van der Waals surface area contributed by atoms with Crippen molar-refractivity contribution in [1.82, 2.24) is 6.15 Å². The van der Waals surface area contributed by atoms with Crippen LogP contribution in [0.2, 0.25) is 0 Å². The van der Waals surface area contributed by atoms with Crippen molar-refractivity contribution in [3.05, 3.63) is 0 Å². The Morgan fingerprint density at radius 1 is 0.391 bits per heavy atom. The van der Waals surface area contributed by atoms with Gasteiger partial charge in [-0.2, -0.15) is 0 Å². The molecule has 278 valence electrons. The second-order valence-electron chi connectivity index (χ2n) is 15.7. The molecule has 0 amide bonds. The number of carboxylic acid groups (broad SMARTS) is 1. The minimum Gasteiger partial charge on any atom is -0.550 e. The van der Waals surface area contributed by atoms with E-state index in [1.165, 1.54) is 205 Å². The van der Waals surface area contributed by atoms with Crippen LogP contribution in [0.3, 0.4) is 0 Å². The summed E-state index contributed by atoms with van der Waals surface area (Å²) < 4.78 is 0. The van der Waals surface area contributed by atoms with Crippen molar-refractivity contribution in [2.24, 2.45) is 10.8 Å². The Kier molecular flexibility index (Phi) is 35.5. The number of carbonyl (C=O) groups is 1. The van der Waals surface area contributed by atoms with Crippen LogP contribution in [-0.4, -0.2) is 5.97 Å². The fourth-order valence-corrected chi connectivity index (χ4v) is 7.78. The van der Waals surface area contributed by atoms with Crippen LogP contribution in [0, 0.1) is 10.8 Å². The Bertz CT molecular complexity index is 580. The molecule has 46 heavy (non-hydrogen) atoms. The molecular weight excluding hydrogens is 562 g/mol. The molecule has 0 aliphatic heterocycles. The number of carbonyl (C=O) groups excluding carboxylic acids is 1. The highest BCUT2D eigenvalue weighted by Crippen LogP contribution is 2.49. The number of quaternary nitrogens is 1. The van der Waals surface area contributed by atoms with E-state index < -0.39 is 11.4 Å². The Labute approximate surface area is 291 Å². The zero-order valence-electron chi connectivity index (χ0n) is 33.1. The monoisotopic (exact) mass is 652 g/mol. The van der Waals surface area contributed by atoms with Crippen LogP contribution in [0.1, 0.15) is 259 Å². The molecule has 0 aromatic rings. The second-order valence-corrected chi connectivity index (χ2v) is 15.7. The summed E-state index contributed by atoms with van der Waals surface area (Å²) in [5.74, 6) is -0.850. The molecule has 3 heteroatoms. The van der Waals surface area contributed by atoms with Crippen LogP contribution in [0.15, 0.2) is 0 Å². The van der Waals surface area contributed by atoms with Crippen LogP contribution in [-0.2, 0) is 4.79 Å². The van der Waals surface area contributed by atoms with E-state index >= 15 is 0 Å². The highest BCUT2D eigenvalue weighted by molar-refractivity contribution is 5.72. The van der Waals surface area contributed by atoms with Crippen molar-refractivity contribution in [2.75, 3.05) is 0 Å². The third-order valence-electron chi connectivity index (χ3n) is 11.5. The molecule has 0 unspecified atom stereocenters. The van der Waals surface area contributed by atoms with Gasteiger partial charge in [0.2, 0.25) is 0 Å². The van der Waals surface area contributed by atoms with Crippen molar-refractivity contribution in [3.63, 3.8) is 0 Å². The Hall–Kier alpha value is -0.570. The van der Waals surface area contributed by atoms with Gasteiger partial charge >= 0.3 is 0 Å². The maximum atomic E-state index is 12.3. The lowest BCUT2D eigenvalue weighted by molar-refractivity contribution is -0.324. The average molecular weight is 652 g/mol. The number of hydrogen-bond acceptors (Lipinski definition) is 2. The molecule has 3 nitrogen and oxygen atoms in total. The van der Waals surface area contributed by atoms with Gasteiger partial charge in [0, 0.05) is 11.4 Å². The van der Waals surface area contributed by atoms with E-state index in [1.54, 1.807) is 0 Å². The molecule has 0 radical (unpaired) electrons. The van der Waals surface area contributed by atoms with Gasteiger partial charge in [-0.15, -0.1) is 0 Å². The predicted molar refractivity (Wildman–Crippen MR) is 206 cm³/mol. The molecule has 0 aromatic heterocycles. The molecule has 0 heterocycles. The van der Waals surface area contributed by atoms with E-state index in [-0.39, 0.29) is 11.6 Å². The minimum atomic E-state index is -0.850. The Balaban J connectivity index is 0. The lowest BCUT2D eigenvalue weighted by atomic mass is 9.59. The maximum Gasteiger partial charge on any atom is 0.0476 e. The summed E-state index contributed by atoms with van der Waals surface area (Å²) in [4.78, 5) is 12.3. The molecule has 0 saturated heterocycles. The van der Waals surface area contributed by atoms with Gasteiger partial charge in [-0.3, -0.25) is 0 Å². The highest BCUT2D eigenvalue weighted by Gasteiger charge is 2.43. The zero-order chi connectivity index (χ0) is 33.3.